The molecule has 0 radical (unpaired) electrons. The second kappa shape index (κ2) is 10.0. The molecule has 0 spiro atoms. The third-order valence-corrected chi connectivity index (χ3v) is 12.8. The zero-order valence-electron chi connectivity index (χ0n) is 17.8. The molecule has 0 aromatic heterocycles. The van der Waals surface area contributed by atoms with E-state index in [1.54, 1.807) is 10.6 Å². The Morgan fingerprint density at radius 3 is 1.21 bits per heavy atom. The van der Waals surface area contributed by atoms with Gasteiger partial charge in [-0.15, -0.1) is 67.5 Å². The van der Waals surface area contributed by atoms with Crippen LogP contribution in [0.5, 0.6) is 0 Å². The van der Waals surface area contributed by atoms with Crippen molar-refractivity contribution in [3.05, 3.63) is 70.8 Å². The number of rotatable bonds is 3. The minimum atomic E-state index is -0.176. The Balaban J connectivity index is 0.00000140. The molecule has 0 amide bonds. The van der Waals surface area contributed by atoms with Crippen molar-refractivity contribution in [2.45, 2.75) is 27.7 Å². The summed E-state index contributed by atoms with van der Waals surface area (Å²) >= 11 is 0. The number of halogens is 2. The van der Waals surface area contributed by atoms with E-state index in [0.29, 0.717) is 0 Å². The van der Waals surface area contributed by atoms with Crippen molar-refractivity contribution in [2.24, 2.45) is 0 Å². The average Bonchev–Trinajstić information content (AvgIpc) is 3.26. The van der Waals surface area contributed by atoms with Gasteiger partial charge in [0.25, 0.3) is 0 Å². The molecule has 0 bridgehead atoms. The van der Waals surface area contributed by atoms with E-state index < -0.39 is 0 Å². The van der Waals surface area contributed by atoms with Crippen molar-refractivity contribution in [1.29, 1.82) is 0 Å². The van der Waals surface area contributed by atoms with Gasteiger partial charge in [0, 0.05) is 0 Å². The standard InChI is InChI=1S/C24H26P2.2FH.Hf/c1-15-7-8-16(2)22-12-19(11-21(15)22)25(5)26(6)20-13-23-17(3)9-10-18(4)24(23)14-20;;;/h7-14H,1-6H3;2*1H;/q-2;;;+4/p-2. The fourth-order valence-corrected chi connectivity index (χ4v) is 8.60. The van der Waals surface area contributed by atoms with Gasteiger partial charge < -0.3 is 9.41 Å². The zero-order chi connectivity index (χ0) is 18.6. The molecule has 2 unspecified atom stereocenters. The summed E-state index contributed by atoms with van der Waals surface area (Å²) < 4.78 is 0. The predicted molar refractivity (Wildman–Crippen MR) is 123 cm³/mol. The molecule has 4 aromatic rings. The van der Waals surface area contributed by atoms with Gasteiger partial charge in [-0.3, -0.25) is 0 Å². The van der Waals surface area contributed by atoms with Crippen molar-refractivity contribution in [2.75, 3.05) is 13.3 Å². The molecule has 0 heterocycles. The molecular formula is C24H26F2HfP2. The van der Waals surface area contributed by atoms with Crippen LogP contribution >= 0.6 is 15.2 Å². The summed E-state index contributed by atoms with van der Waals surface area (Å²) in [5, 5.41) is 8.88. The van der Waals surface area contributed by atoms with Crippen molar-refractivity contribution >= 4 is 47.4 Å². The fourth-order valence-electron chi connectivity index (χ4n) is 3.87. The number of aryl methyl sites for hydroxylation is 4. The van der Waals surface area contributed by atoms with Gasteiger partial charge in [-0.1, -0.05) is 52.3 Å². The van der Waals surface area contributed by atoms with Crippen molar-refractivity contribution in [3.8, 4) is 0 Å². The second-order valence-electron chi connectivity index (χ2n) is 7.53. The third-order valence-electron chi connectivity index (χ3n) is 5.81. The van der Waals surface area contributed by atoms with Crippen LogP contribution in [0, 0.1) is 27.7 Å². The summed E-state index contributed by atoms with van der Waals surface area (Å²) in [5.41, 5.74) is 5.58. The molecular weight excluding hydrogens is 567 g/mol. The van der Waals surface area contributed by atoms with Gasteiger partial charge in [-0.05, 0) is 27.2 Å². The van der Waals surface area contributed by atoms with E-state index >= 15 is 0 Å². The van der Waals surface area contributed by atoms with Crippen molar-refractivity contribution in [3.63, 3.8) is 0 Å². The molecule has 5 heteroatoms. The van der Waals surface area contributed by atoms with Gasteiger partial charge in [0.1, 0.15) is 0 Å². The van der Waals surface area contributed by atoms with Gasteiger partial charge >= 0.3 is 25.8 Å². The van der Waals surface area contributed by atoms with Crippen LogP contribution < -0.4 is 20.0 Å². The molecule has 0 saturated carbocycles. The fraction of sp³-hybridized carbons (Fsp3) is 0.250. The van der Waals surface area contributed by atoms with E-state index in [9.17, 15) is 0 Å². The SMILES string of the molecule is Cc1ccc(C)c2[cH-]c(P(C)P(C)c3cc4c(C)ccc(C)c4[cH-]3)cc12.[F-].[F-].[Hf+4]. The quantitative estimate of drug-likeness (QED) is 0.187. The summed E-state index contributed by atoms with van der Waals surface area (Å²) in [4.78, 5) is 0. The Bertz CT molecular complexity index is 959. The van der Waals surface area contributed by atoms with Crippen LogP contribution in [-0.4, -0.2) is 13.3 Å². The number of fused-ring (bicyclic) bond motifs is 2. The van der Waals surface area contributed by atoms with Gasteiger partial charge in [0.15, 0.2) is 0 Å². The summed E-state index contributed by atoms with van der Waals surface area (Å²) in [6.45, 7) is 13.9. The smallest absolute Gasteiger partial charge is 1.00 e. The first-order valence-electron chi connectivity index (χ1n) is 9.17. The average molecular weight is 593 g/mol. The second-order valence-corrected chi connectivity index (χ2v) is 14.3. The van der Waals surface area contributed by atoms with Crippen molar-refractivity contribution < 1.29 is 35.3 Å². The monoisotopic (exact) mass is 594 g/mol. The first-order chi connectivity index (χ1) is 12.4. The minimum absolute atomic E-state index is 0. The van der Waals surface area contributed by atoms with Crippen LogP contribution in [0.15, 0.2) is 48.5 Å². The Hall–Kier alpha value is -0.750. The Morgan fingerprint density at radius 2 is 0.897 bits per heavy atom. The van der Waals surface area contributed by atoms with Crippen molar-refractivity contribution in [1.82, 2.24) is 0 Å². The molecule has 0 aliphatic heterocycles. The molecule has 0 saturated heterocycles. The van der Waals surface area contributed by atoms with Crippen LogP contribution in [0.3, 0.4) is 0 Å². The van der Waals surface area contributed by atoms with E-state index in [-0.39, 0.29) is 50.5 Å². The molecule has 150 valence electrons. The van der Waals surface area contributed by atoms with E-state index in [1.165, 1.54) is 43.8 Å². The third kappa shape index (κ3) is 4.63. The molecule has 4 rings (SSSR count). The molecule has 0 aliphatic rings. The van der Waals surface area contributed by atoms with Crippen LogP contribution in [0.4, 0.5) is 0 Å². The maximum absolute atomic E-state index is 2.47. The first kappa shape index (κ1) is 26.3. The first-order valence-corrected chi connectivity index (χ1v) is 13.5. The van der Waals surface area contributed by atoms with E-state index in [4.69, 9.17) is 0 Å². The molecule has 29 heavy (non-hydrogen) atoms. The number of hydrogen-bond acceptors (Lipinski definition) is 0. The minimum Gasteiger partial charge on any atom is -1.00 e. The largest absolute Gasteiger partial charge is 4.00 e. The molecule has 0 fully saturated rings. The van der Waals surface area contributed by atoms with Crippen LogP contribution in [0.1, 0.15) is 22.3 Å². The predicted octanol–water partition coefficient (Wildman–Crippen LogP) is 0.759. The molecule has 0 N–H and O–H groups in total. The van der Waals surface area contributed by atoms with E-state index in [1.807, 2.05) is 0 Å². The maximum Gasteiger partial charge on any atom is 4.00 e. The van der Waals surface area contributed by atoms with E-state index in [0.717, 1.165) is 0 Å². The normalized spacial score (nSPS) is 12.8. The number of hydrogen-bond donors (Lipinski definition) is 0. The molecule has 0 nitrogen and oxygen atoms in total. The number of benzene rings is 2. The Labute approximate surface area is 193 Å². The summed E-state index contributed by atoms with van der Waals surface area (Å²) in [6.07, 6.45) is 0. The van der Waals surface area contributed by atoms with Crippen LogP contribution in [0.2, 0.25) is 0 Å². The van der Waals surface area contributed by atoms with Gasteiger partial charge in [-0.2, -0.15) is 12.1 Å². The topological polar surface area (TPSA) is 0 Å². The summed E-state index contributed by atoms with van der Waals surface area (Å²) in [7, 11) is -0.352. The maximum atomic E-state index is 2.47. The van der Waals surface area contributed by atoms with Gasteiger partial charge in [0.2, 0.25) is 0 Å². The van der Waals surface area contributed by atoms with Gasteiger partial charge in [0.05, 0.1) is 0 Å². The Morgan fingerprint density at radius 1 is 0.586 bits per heavy atom. The van der Waals surface area contributed by atoms with Crippen LogP contribution in [-0.2, 0) is 25.8 Å². The summed E-state index contributed by atoms with van der Waals surface area (Å²) in [6, 6.07) is 18.9. The van der Waals surface area contributed by atoms with E-state index in [2.05, 4.69) is 89.6 Å². The molecule has 2 atom stereocenters. The summed E-state index contributed by atoms with van der Waals surface area (Å²) in [5.74, 6) is 0. The molecule has 0 aliphatic carbocycles. The zero-order valence-corrected chi connectivity index (χ0v) is 23.2. The molecule has 4 aromatic carbocycles. The van der Waals surface area contributed by atoms with Crippen LogP contribution in [0.25, 0.3) is 21.5 Å². The van der Waals surface area contributed by atoms with Gasteiger partial charge in [-0.25, -0.2) is 0 Å². The Kier molecular flexibility index (Phi) is 9.10.